The Labute approximate surface area is 118 Å². The van der Waals surface area contributed by atoms with Gasteiger partial charge in [0.25, 0.3) is 0 Å². The van der Waals surface area contributed by atoms with Crippen LogP contribution in [-0.4, -0.2) is 9.97 Å². The lowest BCUT2D eigenvalue weighted by Gasteiger charge is -2.07. The monoisotopic (exact) mass is 261 g/mol. The van der Waals surface area contributed by atoms with Gasteiger partial charge in [0.1, 0.15) is 0 Å². The van der Waals surface area contributed by atoms with Gasteiger partial charge in [-0.3, -0.25) is 0 Å². The van der Waals surface area contributed by atoms with E-state index in [2.05, 4.69) is 46.4 Å². The Morgan fingerprint density at radius 3 is 2.10 bits per heavy atom. The Kier molecular flexibility index (Phi) is 3.17. The van der Waals surface area contributed by atoms with Gasteiger partial charge in [-0.2, -0.15) is 0 Å². The van der Waals surface area contributed by atoms with Crippen LogP contribution in [-0.2, 0) is 0 Å². The number of nitrogens with two attached hydrogens (primary N) is 1. The molecule has 0 spiro atoms. The number of hydrogen-bond donors (Lipinski definition) is 1. The maximum absolute atomic E-state index is 5.66. The summed E-state index contributed by atoms with van der Waals surface area (Å²) < 4.78 is 0. The lowest BCUT2D eigenvalue weighted by atomic mass is 10.0. The third-order valence-electron chi connectivity index (χ3n) is 3.26. The third kappa shape index (κ3) is 2.38. The first-order valence-corrected chi connectivity index (χ1v) is 6.49. The summed E-state index contributed by atoms with van der Waals surface area (Å²) in [5, 5.41) is 0. The van der Waals surface area contributed by atoms with Gasteiger partial charge in [-0.05, 0) is 23.6 Å². The molecule has 3 nitrogen and oxygen atoms in total. The van der Waals surface area contributed by atoms with Crippen molar-refractivity contribution >= 4 is 5.95 Å². The summed E-state index contributed by atoms with van der Waals surface area (Å²) in [6.45, 7) is 1.99. The van der Waals surface area contributed by atoms with Crippen molar-refractivity contribution in [1.29, 1.82) is 0 Å². The molecule has 0 atom stereocenters. The lowest BCUT2D eigenvalue weighted by molar-refractivity contribution is 1.15. The number of benzene rings is 2. The number of anilines is 1. The minimum Gasteiger partial charge on any atom is -0.368 e. The van der Waals surface area contributed by atoms with Crippen LogP contribution in [0.5, 0.6) is 0 Å². The lowest BCUT2D eigenvalue weighted by Crippen LogP contribution is -1.98. The number of nitrogens with zero attached hydrogens (tertiary/aromatic N) is 2. The Morgan fingerprint density at radius 2 is 1.40 bits per heavy atom. The molecule has 3 heteroatoms. The highest BCUT2D eigenvalue weighted by molar-refractivity contribution is 5.70. The molecule has 0 fully saturated rings. The molecule has 0 saturated heterocycles. The zero-order valence-electron chi connectivity index (χ0n) is 11.2. The molecule has 0 bridgehead atoms. The first-order valence-electron chi connectivity index (χ1n) is 6.49. The maximum atomic E-state index is 5.66. The highest BCUT2D eigenvalue weighted by Gasteiger charge is 2.05. The average Bonchev–Trinajstić information content (AvgIpc) is 2.51. The number of aromatic nitrogens is 2. The van der Waals surface area contributed by atoms with Crippen LogP contribution in [0, 0.1) is 6.92 Å². The summed E-state index contributed by atoms with van der Waals surface area (Å²) in [6.07, 6.45) is 1.75. The smallest absolute Gasteiger partial charge is 0.220 e. The summed E-state index contributed by atoms with van der Waals surface area (Å²) in [5.74, 6) is 0.303. The topological polar surface area (TPSA) is 51.8 Å². The highest BCUT2D eigenvalue weighted by Crippen LogP contribution is 2.25. The minimum absolute atomic E-state index is 0.303. The van der Waals surface area contributed by atoms with Crippen LogP contribution in [0.15, 0.2) is 60.8 Å². The van der Waals surface area contributed by atoms with E-state index in [9.17, 15) is 0 Å². The molecule has 2 N–H and O–H groups in total. The van der Waals surface area contributed by atoms with Gasteiger partial charge in [-0.1, -0.05) is 54.6 Å². The summed E-state index contributed by atoms with van der Waals surface area (Å²) in [7, 11) is 0. The first-order chi connectivity index (χ1) is 9.74. The predicted molar refractivity (Wildman–Crippen MR) is 82.1 cm³/mol. The Balaban J connectivity index is 2.00. The molecule has 0 saturated carbocycles. The van der Waals surface area contributed by atoms with E-state index in [4.69, 9.17) is 5.73 Å². The van der Waals surface area contributed by atoms with Crippen LogP contribution in [0.3, 0.4) is 0 Å². The number of rotatable bonds is 2. The molecule has 0 radical (unpaired) electrons. The van der Waals surface area contributed by atoms with E-state index in [1.807, 2.05) is 25.1 Å². The molecular weight excluding hydrogens is 246 g/mol. The van der Waals surface area contributed by atoms with Crippen molar-refractivity contribution in [1.82, 2.24) is 9.97 Å². The molecule has 0 unspecified atom stereocenters. The number of hydrogen-bond acceptors (Lipinski definition) is 3. The predicted octanol–water partition coefficient (Wildman–Crippen LogP) is 3.70. The second-order valence-electron chi connectivity index (χ2n) is 4.70. The van der Waals surface area contributed by atoms with Gasteiger partial charge in [0.15, 0.2) is 0 Å². The van der Waals surface area contributed by atoms with E-state index in [1.165, 1.54) is 11.1 Å². The average molecular weight is 261 g/mol. The first kappa shape index (κ1) is 12.4. The third-order valence-corrected chi connectivity index (χ3v) is 3.26. The van der Waals surface area contributed by atoms with Crippen molar-refractivity contribution in [2.45, 2.75) is 6.92 Å². The molecule has 0 aliphatic rings. The molecular formula is C17H15N3. The van der Waals surface area contributed by atoms with E-state index < -0.39 is 0 Å². The van der Waals surface area contributed by atoms with Crippen LogP contribution in [0.2, 0.25) is 0 Å². The molecule has 98 valence electrons. The quantitative estimate of drug-likeness (QED) is 0.765. The standard InChI is InChI=1S/C17H15N3/c1-12-11-19-17(18)20-16(12)15-9-7-14(8-10-15)13-5-3-2-4-6-13/h2-11H,1H3,(H2,18,19,20). The molecule has 0 amide bonds. The molecule has 0 aliphatic heterocycles. The van der Waals surface area contributed by atoms with Crippen molar-refractivity contribution in [2.75, 3.05) is 5.73 Å². The zero-order valence-corrected chi connectivity index (χ0v) is 11.2. The van der Waals surface area contributed by atoms with Gasteiger partial charge in [0.2, 0.25) is 5.95 Å². The van der Waals surface area contributed by atoms with Crippen molar-refractivity contribution in [3.63, 3.8) is 0 Å². The van der Waals surface area contributed by atoms with E-state index >= 15 is 0 Å². The van der Waals surface area contributed by atoms with Gasteiger partial charge >= 0.3 is 0 Å². The molecule has 20 heavy (non-hydrogen) atoms. The Bertz CT molecular complexity index is 719. The number of nitrogen functional groups attached to an aromatic ring is 1. The van der Waals surface area contributed by atoms with Crippen molar-refractivity contribution in [2.24, 2.45) is 0 Å². The van der Waals surface area contributed by atoms with Crippen molar-refractivity contribution < 1.29 is 0 Å². The van der Waals surface area contributed by atoms with Gasteiger partial charge in [-0.15, -0.1) is 0 Å². The molecule has 3 rings (SSSR count). The van der Waals surface area contributed by atoms with Gasteiger partial charge in [0, 0.05) is 11.8 Å². The minimum atomic E-state index is 0.303. The second-order valence-corrected chi connectivity index (χ2v) is 4.70. The van der Waals surface area contributed by atoms with Crippen LogP contribution >= 0.6 is 0 Å². The molecule has 3 aromatic rings. The van der Waals surface area contributed by atoms with Crippen molar-refractivity contribution in [3.05, 3.63) is 66.4 Å². The summed E-state index contributed by atoms with van der Waals surface area (Å²) >= 11 is 0. The van der Waals surface area contributed by atoms with E-state index in [1.54, 1.807) is 6.20 Å². The van der Waals surface area contributed by atoms with E-state index in [0.29, 0.717) is 5.95 Å². The van der Waals surface area contributed by atoms with Crippen molar-refractivity contribution in [3.8, 4) is 22.4 Å². The molecule has 1 heterocycles. The summed E-state index contributed by atoms with van der Waals surface area (Å²) in [5.41, 5.74) is 11.0. The zero-order chi connectivity index (χ0) is 13.9. The molecule has 2 aromatic carbocycles. The van der Waals surface area contributed by atoms with E-state index in [0.717, 1.165) is 16.8 Å². The Morgan fingerprint density at radius 1 is 0.800 bits per heavy atom. The number of aryl methyl sites for hydroxylation is 1. The fourth-order valence-corrected chi connectivity index (χ4v) is 2.20. The van der Waals surface area contributed by atoms with E-state index in [-0.39, 0.29) is 0 Å². The van der Waals surface area contributed by atoms with Gasteiger partial charge in [-0.25, -0.2) is 9.97 Å². The molecule has 0 aliphatic carbocycles. The van der Waals surface area contributed by atoms with Gasteiger partial charge in [0.05, 0.1) is 5.69 Å². The van der Waals surface area contributed by atoms with Crippen LogP contribution in [0.1, 0.15) is 5.56 Å². The normalized spacial score (nSPS) is 10.4. The summed E-state index contributed by atoms with van der Waals surface area (Å²) in [4.78, 5) is 8.31. The fraction of sp³-hybridized carbons (Fsp3) is 0.0588. The summed E-state index contributed by atoms with van der Waals surface area (Å²) in [6, 6.07) is 18.6. The molecule has 1 aromatic heterocycles. The largest absolute Gasteiger partial charge is 0.368 e. The van der Waals surface area contributed by atoms with Crippen LogP contribution in [0.25, 0.3) is 22.4 Å². The van der Waals surface area contributed by atoms with Crippen LogP contribution < -0.4 is 5.73 Å². The maximum Gasteiger partial charge on any atom is 0.220 e. The van der Waals surface area contributed by atoms with Gasteiger partial charge < -0.3 is 5.73 Å². The second kappa shape index (κ2) is 5.13. The van der Waals surface area contributed by atoms with Crippen LogP contribution in [0.4, 0.5) is 5.95 Å². The fourth-order valence-electron chi connectivity index (χ4n) is 2.20. The SMILES string of the molecule is Cc1cnc(N)nc1-c1ccc(-c2ccccc2)cc1. The Hall–Kier alpha value is -2.68. The highest BCUT2D eigenvalue weighted by atomic mass is 15.0.